The van der Waals surface area contributed by atoms with E-state index < -0.39 is 70.7 Å². The number of allylic oxidation sites excluding steroid dienone is 2. The molecular weight excluding hydrogens is 769 g/mol. The third kappa shape index (κ3) is 8.47. The van der Waals surface area contributed by atoms with Crippen molar-refractivity contribution in [2.45, 2.75) is 106 Å². The first kappa shape index (κ1) is 43.4. The van der Waals surface area contributed by atoms with E-state index in [4.69, 9.17) is 4.74 Å². The number of nitrogens with zero attached hydrogens (tertiary/aromatic N) is 1. The van der Waals surface area contributed by atoms with Crippen molar-refractivity contribution in [3.63, 3.8) is 0 Å². The Kier molecular flexibility index (Phi) is 13.5. The number of rotatable bonds is 18. The van der Waals surface area contributed by atoms with Gasteiger partial charge in [0.25, 0.3) is 0 Å². The van der Waals surface area contributed by atoms with Gasteiger partial charge in [0.1, 0.15) is 17.7 Å². The maximum atomic E-state index is 14.5. The quantitative estimate of drug-likeness (QED) is 0.0583. The molecule has 6 unspecified atom stereocenters. The van der Waals surface area contributed by atoms with Crippen molar-refractivity contribution in [2.75, 3.05) is 33.1 Å². The molecule has 1 aliphatic heterocycles. The molecular formula is C41H56N6O10S. The number of hydrogen-bond donors (Lipinski definition) is 9. The van der Waals surface area contributed by atoms with Gasteiger partial charge in [0.2, 0.25) is 23.8 Å². The zero-order chi connectivity index (χ0) is 41.7. The van der Waals surface area contributed by atoms with Gasteiger partial charge in [-0.05, 0) is 86.9 Å². The predicted molar refractivity (Wildman–Crippen MR) is 213 cm³/mol. The smallest absolute Gasteiger partial charge is 0.353 e. The number of pyridine rings is 1. The monoisotopic (exact) mass is 824 g/mol. The number of aromatic nitrogens is 1. The van der Waals surface area contributed by atoms with Crippen LogP contribution in [0.2, 0.25) is 0 Å². The second-order valence-electron chi connectivity index (χ2n) is 16.3. The number of thioether (sulfide) groups is 1. The summed E-state index contributed by atoms with van der Waals surface area (Å²) >= 11 is 1.37. The lowest BCUT2D eigenvalue weighted by Gasteiger charge is -2.53. The highest BCUT2D eigenvalue weighted by atomic mass is 32.2. The number of carboxylic acid groups (broad SMARTS) is 2. The summed E-state index contributed by atoms with van der Waals surface area (Å²) in [5, 5.41) is 53.0. The number of amides is 2. The first-order valence-electron chi connectivity index (χ1n) is 20.2. The molecule has 2 amide bonds. The van der Waals surface area contributed by atoms with Crippen LogP contribution in [0, 0.1) is 16.7 Å². The number of carboxylic acids is 2. The number of carbonyl (C=O) groups is 5. The molecule has 4 aliphatic carbocycles. The Morgan fingerprint density at radius 3 is 2.33 bits per heavy atom. The number of aliphatic hydroxyl groups excluding tert-OH is 1. The first-order chi connectivity index (χ1) is 27.7. The van der Waals surface area contributed by atoms with Gasteiger partial charge in [-0.1, -0.05) is 49.8 Å². The van der Waals surface area contributed by atoms with Crippen molar-refractivity contribution in [2.24, 2.45) is 16.7 Å². The molecule has 2 bridgehead atoms. The van der Waals surface area contributed by atoms with E-state index >= 15 is 0 Å². The molecule has 6 rings (SSSR count). The molecule has 2 spiro atoms. The molecule has 5 aliphatic rings. The molecule has 0 aromatic carbocycles. The van der Waals surface area contributed by atoms with Crippen LogP contribution in [0.5, 0.6) is 0 Å². The SMILES string of the molecule is CNCNC(O)(CCC(=O)NC(CSC12C=CC3(CCCCCC14CCCC4)CC(Cc1ccncc1)=C(CNC)C1C(=O)OC2=C13)C(=O)NC(O)C(=O)O)C(=O)O. The second-order valence-corrected chi connectivity index (χ2v) is 17.6. The fourth-order valence-electron chi connectivity index (χ4n) is 9.90. The normalized spacial score (nSPS) is 26.8. The lowest BCUT2D eigenvalue weighted by molar-refractivity contribution is -0.164. The number of hydrogen-bond acceptors (Lipinski definition) is 13. The minimum Gasteiger partial charge on any atom is -0.478 e. The van der Waals surface area contributed by atoms with Crippen LogP contribution in [0.1, 0.15) is 82.6 Å². The number of aliphatic hydroxyl groups is 2. The van der Waals surface area contributed by atoms with Gasteiger partial charge >= 0.3 is 17.9 Å². The number of fused-ring (bicyclic) bond motifs is 3. The summed E-state index contributed by atoms with van der Waals surface area (Å²) in [5.41, 5.74) is 0.952. The number of esters is 1. The van der Waals surface area contributed by atoms with E-state index in [9.17, 15) is 44.4 Å². The molecule has 17 heteroatoms. The van der Waals surface area contributed by atoms with Crippen molar-refractivity contribution >= 4 is 41.5 Å². The number of ether oxygens (including phenoxy) is 1. The van der Waals surface area contributed by atoms with Crippen molar-refractivity contribution in [1.82, 2.24) is 31.6 Å². The number of nitrogens with one attached hydrogen (secondary N) is 5. The Morgan fingerprint density at radius 2 is 1.67 bits per heavy atom. The molecule has 1 aromatic heterocycles. The summed E-state index contributed by atoms with van der Waals surface area (Å²) in [4.78, 5) is 69.3. The fourth-order valence-corrected chi connectivity index (χ4v) is 11.6. The molecule has 58 heavy (non-hydrogen) atoms. The average Bonchev–Trinajstić information content (AvgIpc) is 3.83. The van der Waals surface area contributed by atoms with Crippen molar-refractivity contribution < 1.29 is 49.1 Å². The lowest BCUT2D eigenvalue weighted by atomic mass is 9.55. The molecule has 16 nitrogen and oxygen atoms in total. The van der Waals surface area contributed by atoms with Crippen LogP contribution in [0.25, 0.3) is 0 Å². The van der Waals surface area contributed by atoms with E-state index in [1.807, 2.05) is 19.2 Å². The van der Waals surface area contributed by atoms with E-state index in [0.29, 0.717) is 25.1 Å². The maximum absolute atomic E-state index is 14.5. The number of carbonyl (C=O) groups excluding carboxylic acids is 3. The van der Waals surface area contributed by atoms with Gasteiger partial charge in [-0.15, -0.1) is 11.8 Å². The third-order valence-corrected chi connectivity index (χ3v) is 14.5. The minimum absolute atomic E-state index is 0.0701. The van der Waals surface area contributed by atoms with Crippen LogP contribution < -0.4 is 26.6 Å². The van der Waals surface area contributed by atoms with Crippen molar-refractivity contribution in [1.29, 1.82) is 0 Å². The summed E-state index contributed by atoms with van der Waals surface area (Å²) in [6, 6.07) is 2.58. The summed E-state index contributed by atoms with van der Waals surface area (Å²) in [6.07, 6.45) is 14.3. The topological polar surface area (TPSA) is 249 Å². The van der Waals surface area contributed by atoms with Gasteiger partial charge in [-0.3, -0.25) is 24.7 Å². The Morgan fingerprint density at radius 1 is 0.983 bits per heavy atom. The summed E-state index contributed by atoms with van der Waals surface area (Å²) in [7, 11) is 3.41. The Hall–Kier alpha value is -4.13. The predicted octanol–water partition coefficient (Wildman–Crippen LogP) is 1.85. The van der Waals surface area contributed by atoms with Crippen LogP contribution in [0.15, 0.2) is 59.2 Å². The number of likely N-dealkylation sites (N-methyl/N-ethyl adjacent to an activating group) is 1. The summed E-state index contributed by atoms with van der Waals surface area (Å²) in [6.45, 7) is 0.420. The highest BCUT2D eigenvalue weighted by Gasteiger charge is 2.64. The summed E-state index contributed by atoms with van der Waals surface area (Å²) in [5.74, 6) is -5.50. The maximum Gasteiger partial charge on any atom is 0.353 e. The van der Waals surface area contributed by atoms with Gasteiger partial charge in [0, 0.05) is 49.6 Å². The van der Waals surface area contributed by atoms with E-state index in [2.05, 4.69) is 43.7 Å². The highest BCUT2D eigenvalue weighted by molar-refractivity contribution is 8.01. The van der Waals surface area contributed by atoms with Gasteiger partial charge in [0.15, 0.2) is 0 Å². The van der Waals surface area contributed by atoms with E-state index in [1.54, 1.807) is 19.4 Å². The van der Waals surface area contributed by atoms with Gasteiger partial charge in [-0.25, -0.2) is 9.59 Å². The summed E-state index contributed by atoms with van der Waals surface area (Å²) < 4.78 is 5.66. The van der Waals surface area contributed by atoms with E-state index in [0.717, 1.165) is 74.5 Å². The Bertz CT molecular complexity index is 1850. The standard InChI is InChI=1S/C41H56N6O10S/c1-42-22-27-26(20-25-9-18-44-19-10-25)21-38-11-4-3-5-12-39(13-6-7-14-39)40(17-16-38,32-31(38)30(27)36(53)57-32)58-23-28(33(49)47-34(50)35(51)52)46-29(48)8-15-41(56,37(54)55)45-24-43-2/h9-10,16-19,28,30,34,42-43,45,50,56H,3-8,11-15,20-24H2,1-2H3,(H,46,48)(H,47,49)(H,51,52)(H,54,55). The van der Waals surface area contributed by atoms with E-state index in [1.165, 1.54) is 17.3 Å². The van der Waals surface area contributed by atoms with Crippen LogP contribution in [0.3, 0.4) is 0 Å². The molecule has 1 saturated carbocycles. The van der Waals surface area contributed by atoms with Gasteiger partial charge in [0.05, 0.1) is 4.75 Å². The highest BCUT2D eigenvalue weighted by Crippen LogP contribution is 2.68. The van der Waals surface area contributed by atoms with E-state index in [-0.39, 0.29) is 23.8 Å². The largest absolute Gasteiger partial charge is 0.478 e. The number of aliphatic carboxylic acids is 2. The molecule has 2 heterocycles. The molecule has 1 fully saturated rings. The lowest BCUT2D eigenvalue weighted by Crippen LogP contribution is -2.56. The molecule has 316 valence electrons. The van der Waals surface area contributed by atoms with Crippen LogP contribution in [-0.4, -0.2) is 111 Å². The Balaban J connectivity index is 1.40. The molecule has 1 aromatic rings. The Labute approximate surface area is 342 Å². The van der Waals surface area contributed by atoms with Crippen LogP contribution >= 0.6 is 11.8 Å². The molecule has 0 radical (unpaired) electrons. The molecule has 6 atom stereocenters. The van der Waals surface area contributed by atoms with Gasteiger partial charge in [-0.2, -0.15) is 0 Å². The third-order valence-electron chi connectivity index (χ3n) is 12.7. The first-order valence-corrected chi connectivity index (χ1v) is 21.1. The van der Waals surface area contributed by atoms with Crippen molar-refractivity contribution in [3.05, 3.63) is 64.7 Å². The molecule has 9 N–H and O–H groups in total. The van der Waals surface area contributed by atoms with Gasteiger partial charge < -0.3 is 46.4 Å². The van der Waals surface area contributed by atoms with Crippen LogP contribution in [0.4, 0.5) is 0 Å². The zero-order valence-corrected chi connectivity index (χ0v) is 33.9. The zero-order valence-electron chi connectivity index (χ0n) is 33.1. The second kappa shape index (κ2) is 18.0. The molecule has 0 saturated heterocycles. The average molecular weight is 825 g/mol. The fraction of sp³-hybridized carbons (Fsp3) is 0.610. The minimum atomic E-state index is -2.45. The van der Waals surface area contributed by atoms with Crippen molar-refractivity contribution in [3.8, 4) is 0 Å². The van der Waals surface area contributed by atoms with Crippen LogP contribution in [-0.2, 0) is 35.1 Å².